The number of amides is 2. The van der Waals surface area contributed by atoms with Crippen LogP contribution in [0.25, 0.3) is 0 Å². The van der Waals surface area contributed by atoms with E-state index >= 15 is 0 Å². The number of carboxylic acid groups (broad SMARTS) is 1. The molecule has 0 saturated carbocycles. The first kappa shape index (κ1) is 19.5. The van der Waals surface area contributed by atoms with Gasteiger partial charge in [-0.25, -0.2) is 14.3 Å². The summed E-state index contributed by atoms with van der Waals surface area (Å²) in [5, 5.41) is 27.6. The summed E-state index contributed by atoms with van der Waals surface area (Å²) >= 11 is 0. The molecule has 26 heavy (non-hydrogen) atoms. The van der Waals surface area contributed by atoms with Crippen molar-refractivity contribution in [2.45, 2.75) is 38.8 Å². The van der Waals surface area contributed by atoms with Crippen LogP contribution in [-0.4, -0.2) is 44.1 Å². The molecule has 0 aliphatic rings. The van der Waals surface area contributed by atoms with E-state index in [9.17, 15) is 14.7 Å². The summed E-state index contributed by atoms with van der Waals surface area (Å²) < 4.78 is 1.62. The first-order valence-electron chi connectivity index (χ1n) is 8.30. The molecule has 1 aromatic heterocycles. The molecule has 2 rings (SSSR count). The molecule has 0 aliphatic heterocycles. The normalized spacial score (nSPS) is 13.3. The maximum absolute atomic E-state index is 11.9. The lowest BCUT2D eigenvalue weighted by Crippen LogP contribution is -2.47. The van der Waals surface area contributed by atoms with E-state index in [-0.39, 0.29) is 0 Å². The molecule has 140 valence electrons. The Hall–Kier alpha value is -2.87. The number of urea groups is 1. The summed E-state index contributed by atoms with van der Waals surface area (Å²) in [7, 11) is 0. The van der Waals surface area contributed by atoms with E-state index in [2.05, 4.69) is 41.7 Å². The van der Waals surface area contributed by atoms with E-state index in [1.807, 2.05) is 12.1 Å². The monoisotopic (exact) mass is 360 g/mol. The number of hydrogen-bond acceptors (Lipinski definition) is 4. The van der Waals surface area contributed by atoms with Gasteiger partial charge in [0.05, 0.1) is 19.3 Å². The van der Waals surface area contributed by atoms with Gasteiger partial charge in [-0.15, -0.1) is 0 Å². The van der Waals surface area contributed by atoms with Gasteiger partial charge in [0.2, 0.25) is 0 Å². The van der Waals surface area contributed by atoms with Crippen LogP contribution in [0.3, 0.4) is 0 Å². The zero-order valence-corrected chi connectivity index (χ0v) is 15.1. The lowest BCUT2D eigenvalue weighted by molar-refractivity contribution is -0.155. The highest BCUT2D eigenvalue weighted by Gasteiger charge is 2.30. The summed E-state index contributed by atoms with van der Waals surface area (Å²) in [5.74, 6) is -0.490. The molecule has 2 amide bonds. The highest BCUT2D eigenvalue weighted by molar-refractivity contribution is 5.89. The van der Waals surface area contributed by atoms with Gasteiger partial charge in [0.15, 0.2) is 5.60 Å². The molecule has 0 saturated heterocycles. The average molecular weight is 360 g/mol. The fraction of sp³-hybridized carbons (Fsp3) is 0.389. The second-order valence-electron chi connectivity index (χ2n) is 6.66. The molecule has 0 bridgehead atoms. The van der Waals surface area contributed by atoms with Crippen LogP contribution >= 0.6 is 0 Å². The van der Waals surface area contributed by atoms with Gasteiger partial charge in [-0.05, 0) is 24.0 Å². The van der Waals surface area contributed by atoms with Gasteiger partial charge in [-0.2, -0.15) is 5.10 Å². The fourth-order valence-electron chi connectivity index (χ4n) is 2.23. The van der Waals surface area contributed by atoms with Crippen LogP contribution in [0.15, 0.2) is 36.5 Å². The average Bonchev–Trinajstić information content (AvgIpc) is 3.00. The third kappa shape index (κ3) is 5.06. The summed E-state index contributed by atoms with van der Waals surface area (Å²) in [6.07, 6.45) is 1.56. The zero-order valence-electron chi connectivity index (χ0n) is 15.1. The third-order valence-electron chi connectivity index (χ3n) is 3.99. The quantitative estimate of drug-likeness (QED) is 0.603. The van der Waals surface area contributed by atoms with Crippen molar-refractivity contribution in [3.63, 3.8) is 0 Å². The summed E-state index contributed by atoms with van der Waals surface area (Å²) in [4.78, 5) is 22.8. The Morgan fingerprint density at radius 3 is 2.46 bits per heavy atom. The highest BCUT2D eigenvalue weighted by Crippen LogP contribution is 2.16. The summed E-state index contributed by atoms with van der Waals surface area (Å²) in [6.45, 7) is 5.43. The largest absolute Gasteiger partial charge is 0.479 e. The smallest absolute Gasteiger partial charge is 0.337 e. The number of hydrogen-bond donors (Lipinski definition) is 4. The van der Waals surface area contributed by atoms with E-state index in [1.54, 1.807) is 16.9 Å². The molecule has 1 heterocycles. The number of nitrogens with zero attached hydrogens (tertiary/aromatic N) is 2. The number of carbonyl (C=O) groups is 2. The van der Waals surface area contributed by atoms with Crippen molar-refractivity contribution < 1.29 is 19.8 Å². The Kier molecular flexibility index (Phi) is 5.99. The van der Waals surface area contributed by atoms with Crippen LogP contribution in [0, 0.1) is 0 Å². The molecule has 0 spiro atoms. The van der Waals surface area contributed by atoms with Crippen LogP contribution in [0.4, 0.5) is 10.6 Å². The molecular weight excluding hydrogens is 336 g/mol. The van der Waals surface area contributed by atoms with Crippen LogP contribution in [0.2, 0.25) is 0 Å². The van der Waals surface area contributed by atoms with Crippen molar-refractivity contribution in [2.75, 3.05) is 11.9 Å². The van der Waals surface area contributed by atoms with Gasteiger partial charge in [-0.1, -0.05) is 38.1 Å². The minimum absolute atomic E-state index is 0.418. The molecule has 2 aromatic rings. The van der Waals surface area contributed by atoms with Gasteiger partial charge in [0.1, 0.15) is 5.82 Å². The second-order valence-corrected chi connectivity index (χ2v) is 6.66. The van der Waals surface area contributed by atoms with E-state index in [0.29, 0.717) is 18.3 Å². The first-order valence-corrected chi connectivity index (χ1v) is 8.30. The van der Waals surface area contributed by atoms with Crippen molar-refractivity contribution in [2.24, 2.45) is 0 Å². The maximum Gasteiger partial charge on any atom is 0.337 e. The van der Waals surface area contributed by atoms with Crippen LogP contribution in [0.5, 0.6) is 0 Å². The minimum Gasteiger partial charge on any atom is -0.479 e. The van der Waals surface area contributed by atoms with Crippen molar-refractivity contribution >= 4 is 17.8 Å². The number of carbonyl (C=O) groups excluding carboxylic acids is 1. The Balaban J connectivity index is 1.97. The van der Waals surface area contributed by atoms with Crippen molar-refractivity contribution in [3.05, 3.63) is 47.7 Å². The number of aromatic nitrogens is 2. The molecule has 1 atom stereocenters. The van der Waals surface area contributed by atoms with Gasteiger partial charge >= 0.3 is 12.0 Å². The van der Waals surface area contributed by atoms with Crippen molar-refractivity contribution in [1.82, 2.24) is 15.1 Å². The van der Waals surface area contributed by atoms with Gasteiger partial charge < -0.3 is 15.5 Å². The van der Waals surface area contributed by atoms with Crippen LogP contribution in [0.1, 0.15) is 37.8 Å². The summed E-state index contributed by atoms with van der Waals surface area (Å²) in [5.41, 5.74) is 0.253. The molecule has 0 aliphatic carbocycles. The van der Waals surface area contributed by atoms with Crippen LogP contribution in [-0.2, 0) is 11.3 Å². The van der Waals surface area contributed by atoms with E-state index < -0.39 is 24.1 Å². The number of nitrogens with one attached hydrogen (secondary N) is 2. The number of aliphatic carboxylic acids is 1. The predicted octanol–water partition coefficient (Wildman–Crippen LogP) is 2.01. The van der Waals surface area contributed by atoms with E-state index in [0.717, 1.165) is 12.5 Å². The molecule has 1 unspecified atom stereocenters. The van der Waals surface area contributed by atoms with Gasteiger partial charge in [-0.3, -0.25) is 5.32 Å². The zero-order chi connectivity index (χ0) is 19.3. The van der Waals surface area contributed by atoms with E-state index in [4.69, 9.17) is 5.11 Å². The molecule has 0 fully saturated rings. The highest BCUT2D eigenvalue weighted by atomic mass is 16.4. The Morgan fingerprint density at radius 2 is 1.88 bits per heavy atom. The number of rotatable bonds is 7. The number of carboxylic acids is 1. The van der Waals surface area contributed by atoms with Gasteiger partial charge in [0, 0.05) is 6.07 Å². The van der Waals surface area contributed by atoms with Crippen molar-refractivity contribution in [3.8, 4) is 0 Å². The number of aliphatic hydroxyl groups is 1. The predicted molar refractivity (Wildman–Crippen MR) is 97.1 cm³/mol. The lowest BCUT2D eigenvalue weighted by Gasteiger charge is -2.18. The first-order chi connectivity index (χ1) is 12.2. The molecular formula is C18H24N4O4. The van der Waals surface area contributed by atoms with E-state index in [1.165, 1.54) is 5.56 Å². The number of benzene rings is 1. The molecule has 4 N–H and O–H groups in total. The van der Waals surface area contributed by atoms with Crippen molar-refractivity contribution in [1.29, 1.82) is 0 Å². The lowest BCUT2D eigenvalue weighted by atomic mass is 10.0. The molecule has 0 radical (unpaired) electrons. The summed E-state index contributed by atoms with van der Waals surface area (Å²) in [6, 6.07) is 9.19. The second kappa shape index (κ2) is 8.01. The number of anilines is 1. The Bertz CT molecular complexity index is 766. The minimum atomic E-state index is -2.03. The Labute approximate surface area is 151 Å². The molecule has 1 aromatic carbocycles. The standard InChI is InChI=1S/C18H24N4O4/c1-12(2)14-6-4-13(5-7-14)10-22-15(8-9-20-22)21-17(25)19-11-18(3,26)16(23)24/h4-9,12,26H,10-11H2,1-3H3,(H,23,24)(H2,19,21,25). The fourth-order valence-corrected chi connectivity index (χ4v) is 2.23. The van der Waals surface area contributed by atoms with Crippen LogP contribution < -0.4 is 10.6 Å². The topological polar surface area (TPSA) is 116 Å². The van der Waals surface area contributed by atoms with Gasteiger partial charge in [0.25, 0.3) is 0 Å². The Morgan fingerprint density at radius 1 is 1.23 bits per heavy atom. The maximum atomic E-state index is 11.9. The SMILES string of the molecule is CC(C)c1ccc(Cn2nccc2NC(=O)NCC(C)(O)C(=O)O)cc1. The third-order valence-corrected chi connectivity index (χ3v) is 3.99. The molecule has 8 nitrogen and oxygen atoms in total. The molecule has 8 heteroatoms.